The predicted molar refractivity (Wildman–Crippen MR) is 67.6 cm³/mol. The van der Waals surface area contributed by atoms with Gasteiger partial charge in [-0.2, -0.15) is 16.7 Å². The smallest absolute Gasteiger partial charge is 0.224 e. The van der Waals surface area contributed by atoms with Crippen molar-refractivity contribution < 1.29 is 4.39 Å². The molecule has 1 atom stereocenters. The first kappa shape index (κ1) is 13.0. The number of hydrogen-bond donors (Lipinski definition) is 2. The molecule has 1 aromatic rings. The van der Waals surface area contributed by atoms with Crippen LogP contribution >= 0.6 is 11.8 Å². The largest absolute Gasteiger partial charge is 0.364 e. The molecular formula is C10H17FN4S. The summed E-state index contributed by atoms with van der Waals surface area (Å²) in [5, 5.41) is 5.81. The monoisotopic (exact) mass is 244 g/mol. The molecule has 1 aromatic heterocycles. The van der Waals surface area contributed by atoms with Gasteiger partial charge in [-0.3, -0.25) is 0 Å². The Hall–Kier alpha value is -1.04. The first-order chi connectivity index (χ1) is 7.67. The van der Waals surface area contributed by atoms with E-state index < -0.39 is 5.82 Å². The third-order valence-electron chi connectivity index (χ3n) is 1.92. The summed E-state index contributed by atoms with van der Waals surface area (Å²) in [4.78, 5) is 7.81. The Morgan fingerprint density at radius 2 is 2.31 bits per heavy atom. The van der Waals surface area contributed by atoms with Gasteiger partial charge in [0.1, 0.15) is 0 Å². The third-order valence-corrected chi connectivity index (χ3v) is 3.07. The van der Waals surface area contributed by atoms with Gasteiger partial charge in [0.15, 0.2) is 11.6 Å². The van der Waals surface area contributed by atoms with Gasteiger partial charge in [0.2, 0.25) is 5.95 Å². The van der Waals surface area contributed by atoms with Crippen LogP contribution in [0.25, 0.3) is 0 Å². The van der Waals surface area contributed by atoms with Gasteiger partial charge in [-0.25, -0.2) is 9.37 Å². The van der Waals surface area contributed by atoms with E-state index in [-0.39, 0.29) is 11.9 Å². The topological polar surface area (TPSA) is 49.8 Å². The number of halogens is 1. The second-order valence-corrected chi connectivity index (χ2v) is 4.66. The van der Waals surface area contributed by atoms with Crippen LogP contribution in [0.15, 0.2) is 6.20 Å². The van der Waals surface area contributed by atoms with Crippen LogP contribution in [0.4, 0.5) is 16.2 Å². The first-order valence-corrected chi connectivity index (χ1v) is 6.37. The van der Waals surface area contributed by atoms with E-state index in [9.17, 15) is 4.39 Å². The molecular weight excluding hydrogens is 227 g/mol. The number of hydrogen-bond acceptors (Lipinski definition) is 5. The quantitative estimate of drug-likeness (QED) is 0.803. The number of nitrogens with one attached hydrogen (secondary N) is 2. The van der Waals surface area contributed by atoms with Crippen molar-refractivity contribution in [1.29, 1.82) is 0 Å². The average molecular weight is 244 g/mol. The average Bonchev–Trinajstić information content (AvgIpc) is 2.29. The summed E-state index contributed by atoms with van der Waals surface area (Å²) in [5.41, 5.74) is 0. The molecule has 4 nitrogen and oxygen atoms in total. The van der Waals surface area contributed by atoms with Crippen molar-refractivity contribution in [1.82, 2.24) is 9.97 Å². The van der Waals surface area contributed by atoms with Gasteiger partial charge in [0.25, 0.3) is 0 Å². The molecule has 16 heavy (non-hydrogen) atoms. The van der Waals surface area contributed by atoms with E-state index in [0.717, 1.165) is 11.5 Å². The summed E-state index contributed by atoms with van der Waals surface area (Å²) in [6, 6.07) is 0.180. The maximum Gasteiger partial charge on any atom is 0.224 e. The Bertz CT molecular complexity index is 335. The van der Waals surface area contributed by atoms with Gasteiger partial charge in [0, 0.05) is 18.8 Å². The molecule has 0 bridgehead atoms. The lowest BCUT2D eigenvalue weighted by Gasteiger charge is -2.14. The van der Waals surface area contributed by atoms with E-state index in [2.05, 4.69) is 27.5 Å². The van der Waals surface area contributed by atoms with Crippen molar-refractivity contribution in [2.45, 2.75) is 19.9 Å². The molecule has 0 aliphatic carbocycles. The summed E-state index contributed by atoms with van der Waals surface area (Å²) < 4.78 is 13.4. The van der Waals surface area contributed by atoms with E-state index in [1.54, 1.807) is 7.05 Å². The molecule has 0 aromatic carbocycles. The lowest BCUT2D eigenvalue weighted by molar-refractivity contribution is 0.615. The highest BCUT2D eigenvalue weighted by Gasteiger charge is 2.09. The zero-order chi connectivity index (χ0) is 12.0. The van der Waals surface area contributed by atoms with Gasteiger partial charge >= 0.3 is 0 Å². The van der Waals surface area contributed by atoms with Gasteiger partial charge in [-0.1, -0.05) is 6.92 Å². The molecule has 1 unspecified atom stereocenters. The van der Waals surface area contributed by atoms with Crippen LogP contribution in [-0.2, 0) is 0 Å². The number of anilines is 2. The van der Waals surface area contributed by atoms with Crippen LogP contribution in [0.5, 0.6) is 0 Å². The maximum absolute atomic E-state index is 13.4. The Balaban J connectivity index is 2.64. The number of aromatic nitrogens is 2. The van der Waals surface area contributed by atoms with Gasteiger partial charge in [-0.15, -0.1) is 0 Å². The minimum Gasteiger partial charge on any atom is -0.364 e. The molecule has 0 amide bonds. The standard InChI is InChI=1S/C10H17FN4S/c1-4-16-6-7(2)14-9-8(11)5-13-10(12-3)15-9/h5,7H,4,6H2,1-3H3,(H2,12,13,14,15). The summed E-state index contributed by atoms with van der Waals surface area (Å²) in [6.07, 6.45) is 1.17. The van der Waals surface area contributed by atoms with Crippen LogP contribution in [-0.4, -0.2) is 34.6 Å². The minimum atomic E-state index is -0.424. The van der Waals surface area contributed by atoms with Crippen molar-refractivity contribution >= 4 is 23.5 Å². The molecule has 90 valence electrons. The molecule has 1 heterocycles. The molecule has 6 heteroatoms. The molecule has 0 fully saturated rings. The lowest BCUT2D eigenvalue weighted by atomic mass is 10.4. The van der Waals surface area contributed by atoms with Gasteiger partial charge in [-0.05, 0) is 12.7 Å². The highest BCUT2D eigenvalue weighted by molar-refractivity contribution is 7.99. The summed E-state index contributed by atoms with van der Waals surface area (Å²) in [7, 11) is 1.70. The lowest BCUT2D eigenvalue weighted by Crippen LogP contribution is -2.20. The van der Waals surface area contributed by atoms with E-state index in [0.29, 0.717) is 5.95 Å². The third kappa shape index (κ3) is 3.84. The Morgan fingerprint density at radius 3 is 2.94 bits per heavy atom. The molecule has 0 aliphatic rings. The zero-order valence-electron chi connectivity index (χ0n) is 9.75. The summed E-state index contributed by atoms with van der Waals surface area (Å²) in [5.74, 6) is 2.23. The molecule has 0 saturated heterocycles. The molecule has 1 rings (SSSR count). The normalized spacial score (nSPS) is 12.2. The van der Waals surface area contributed by atoms with E-state index in [1.165, 1.54) is 6.20 Å². The van der Waals surface area contributed by atoms with E-state index in [1.807, 2.05) is 18.7 Å². The van der Waals surface area contributed by atoms with Crippen LogP contribution in [0.1, 0.15) is 13.8 Å². The Labute approximate surface area is 99.4 Å². The van der Waals surface area contributed by atoms with Gasteiger partial charge < -0.3 is 10.6 Å². The fraction of sp³-hybridized carbons (Fsp3) is 0.600. The number of thioether (sulfide) groups is 1. The highest BCUT2D eigenvalue weighted by atomic mass is 32.2. The van der Waals surface area contributed by atoms with Crippen LogP contribution in [0.2, 0.25) is 0 Å². The van der Waals surface area contributed by atoms with E-state index >= 15 is 0 Å². The summed E-state index contributed by atoms with van der Waals surface area (Å²) >= 11 is 1.81. The predicted octanol–water partition coefficient (Wildman–Crippen LogP) is 2.21. The minimum absolute atomic E-state index is 0.180. The Kier molecular flexibility index (Phi) is 5.31. The van der Waals surface area contributed by atoms with Crippen molar-refractivity contribution in [3.8, 4) is 0 Å². The second-order valence-electron chi connectivity index (χ2n) is 3.35. The van der Waals surface area contributed by atoms with Crippen molar-refractivity contribution in [3.63, 3.8) is 0 Å². The van der Waals surface area contributed by atoms with Crippen LogP contribution in [0.3, 0.4) is 0 Å². The van der Waals surface area contributed by atoms with Crippen molar-refractivity contribution in [3.05, 3.63) is 12.0 Å². The fourth-order valence-corrected chi connectivity index (χ4v) is 1.83. The fourth-order valence-electron chi connectivity index (χ4n) is 1.16. The highest BCUT2D eigenvalue weighted by Crippen LogP contribution is 2.14. The van der Waals surface area contributed by atoms with E-state index in [4.69, 9.17) is 0 Å². The number of nitrogens with zero attached hydrogens (tertiary/aromatic N) is 2. The Morgan fingerprint density at radius 1 is 1.56 bits per heavy atom. The van der Waals surface area contributed by atoms with Gasteiger partial charge in [0.05, 0.1) is 6.20 Å². The van der Waals surface area contributed by atoms with Crippen LogP contribution < -0.4 is 10.6 Å². The molecule has 0 aliphatic heterocycles. The second kappa shape index (κ2) is 6.52. The van der Waals surface area contributed by atoms with Crippen molar-refractivity contribution in [2.24, 2.45) is 0 Å². The van der Waals surface area contributed by atoms with Crippen LogP contribution in [0, 0.1) is 5.82 Å². The molecule has 2 N–H and O–H groups in total. The first-order valence-electron chi connectivity index (χ1n) is 5.22. The summed E-state index contributed by atoms with van der Waals surface area (Å²) in [6.45, 7) is 4.10. The molecule has 0 spiro atoms. The molecule has 0 radical (unpaired) electrons. The number of rotatable bonds is 6. The maximum atomic E-state index is 13.4. The zero-order valence-corrected chi connectivity index (χ0v) is 10.6. The molecule has 0 saturated carbocycles. The SMILES string of the molecule is CCSCC(C)Nc1nc(NC)ncc1F. The van der Waals surface area contributed by atoms with Crippen molar-refractivity contribution in [2.75, 3.05) is 29.2 Å².